The van der Waals surface area contributed by atoms with Crippen molar-refractivity contribution in [3.8, 4) is 5.75 Å². The van der Waals surface area contributed by atoms with Gasteiger partial charge < -0.3 is 9.64 Å². The van der Waals surface area contributed by atoms with E-state index in [-0.39, 0.29) is 12.6 Å². The molecule has 0 aliphatic carbocycles. The topological polar surface area (TPSA) is 47.4 Å². The molecule has 0 bridgehead atoms. The van der Waals surface area contributed by atoms with Crippen LogP contribution in [-0.4, -0.2) is 22.2 Å². The van der Waals surface area contributed by atoms with Gasteiger partial charge in [-0.3, -0.25) is 4.79 Å². The van der Waals surface area contributed by atoms with Crippen LogP contribution in [0, 0.1) is 0 Å². The number of benzene rings is 2. The molecule has 5 nitrogen and oxygen atoms in total. The molecule has 2 aromatic carbocycles. The van der Waals surface area contributed by atoms with Crippen LogP contribution in [0.4, 0.5) is 5.69 Å². The molecule has 27 heavy (non-hydrogen) atoms. The lowest BCUT2D eigenvalue weighted by Crippen LogP contribution is -2.35. The smallest absolute Gasteiger partial charge is 0.278 e. The summed E-state index contributed by atoms with van der Waals surface area (Å²) < 4.78 is 7.20. The summed E-state index contributed by atoms with van der Waals surface area (Å²) >= 11 is 12.2. The number of para-hydroxylation sites is 2. The number of anilines is 1. The van der Waals surface area contributed by atoms with E-state index in [2.05, 4.69) is 11.2 Å². The van der Waals surface area contributed by atoms with Crippen LogP contribution in [0.2, 0.25) is 10.0 Å². The fourth-order valence-electron chi connectivity index (χ4n) is 3.18. The average Bonchev–Trinajstić information content (AvgIpc) is 3.15. The maximum absolute atomic E-state index is 12.9. The van der Waals surface area contributed by atoms with Crippen LogP contribution < -0.4 is 9.64 Å². The highest BCUT2D eigenvalue weighted by Crippen LogP contribution is 2.32. The summed E-state index contributed by atoms with van der Waals surface area (Å²) in [6, 6.07) is 14.8. The van der Waals surface area contributed by atoms with Crippen molar-refractivity contribution in [1.29, 1.82) is 0 Å². The second-order valence-corrected chi connectivity index (χ2v) is 7.07. The Kier molecular flexibility index (Phi) is 5.05. The van der Waals surface area contributed by atoms with Gasteiger partial charge >= 0.3 is 0 Å². The Morgan fingerprint density at radius 1 is 1.07 bits per heavy atom. The first-order valence-corrected chi connectivity index (χ1v) is 9.39. The fourth-order valence-corrected chi connectivity index (χ4v) is 3.69. The van der Waals surface area contributed by atoms with Crippen molar-refractivity contribution in [1.82, 2.24) is 9.78 Å². The van der Waals surface area contributed by atoms with Crippen molar-refractivity contribution in [2.45, 2.75) is 19.6 Å². The van der Waals surface area contributed by atoms with Crippen LogP contribution in [0.1, 0.15) is 22.5 Å². The van der Waals surface area contributed by atoms with Gasteiger partial charge in [-0.1, -0.05) is 47.5 Å². The maximum Gasteiger partial charge on any atom is 0.278 e. The number of halogens is 2. The summed E-state index contributed by atoms with van der Waals surface area (Å²) in [5.41, 5.74) is 2.52. The van der Waals surface area contributed by atoms with Crippen LogP contribution in [0.15, 0.2) is 54.7 Å². The molecular weight excluding hydrogens is 385 g/mol. The highest BCUT2D eigenvalue weighted by molar-refractivity contribution is 6.37. The highest BCUT2D eigenvalue weighted by Gasteiger charge is 2.24. The number of hydrogen-bond acceptors (Lipinski definition) is 3. The molecule has 3 aromatic rings. The maximum atomic E-state index is 12.9. The number of nitrogens with zero attached hydrogens (tertiary/aromatic N) is 3. The molecule has 2 heterocycles. The number of ether oxygens (including phenoxy) is 1. The summed E-state index contributed by atoms with van der Waals surface area (Å²) in [4.78, 5) is 14.7. The molecule has 0 N–H and O–H groups in total. The van der Waals surface area contributed by atoms with E-state index in [9.17, 15) is 4.79 Å². The van der Waals surface area contributed by atoms with E-state index in [4.69, 9.17) is 27.9 Å². The van der Waals surface area contributed by atoms with Crippen molar-refractivity contribution in [2.24, 2.45) is 0 Å². The van der Waals surface area contributed by atoms with Crippen molar-refractivity contribution < 1.29 is 9.53 Å². The summed E-state index contributed by atoms with van der Waals surface area (Å²) in [5.74, 6) is 0.283. The summed E-state index contributed by atoms with van der Waals surface area (Å²) in [6.45, 7) is 0.793. The SMILES string of the molecule is O=C(c1ccn(COc2c(Cl)cccc2Cl)n1)N1CCCc2ccccc21. The Hall–Kier alpha value is -2.50. The molecule has 0 spiro atoms. The van der Waals surface area contributed by atoms with E-state index in [1.807, 2.05) is 18.2 Å². The van der Waals surface area contributed by atoms with Gasteiger partial charge in [-0.25, -0.2) is 4.68 Å². The Labute approximate surface area is 167 Å². The summed E-state index contributed by atoms with van der Waals surface area (Å²) in [7, 11) is 0. The zero-order valence-corrected chi connectivity index (χ0v) is 16.0. The zero-order valence-electron chi connectivity index (χ0n) is 14.4. The van der Waals surface area contributed by atoms with E-state index < -0.39 is 0 Å². The molecule has 1 amide bonds. The molecule has 1 aliphatic heterocycles. The Bertz CT molecular complexity index is 967. The average molecular weight is 402 g/mol. The number of amides is 1. The van der Waals surface area contributed by atoms with Gasteiger partial charge in [0.25, 0.3) is 5.91 Å². The largest absolute Gasteiger partial charge is 0.468 e. The lowest BCUT2D eigenvalue weighted by molar-refractivity contribution is 0.0978. The van der Waals surface area contributed by atoms with E-state index in [1.165, 1.54) is 5.56 Å². The predicted octanol–water partition coefficient (Wildman–Crippen LogP) is 4.82. The van der Waals surface area contributed by atoms with Gasteiger partial charge in [-0.15, -0.1) is 0 Å². The Balaban J connectivity index is 1.49. The first kappa shape index (κ1) is 17.9. The molecule has 0 fully saturated rings. The van der Waals surface area contributed by atoms with Gasteiger partial charge in [0.15, 0.2) is 18.2 Å². The number of hydrogen-bond donors (Lipinski definition) is 0. The van der Waals surface area contributed by atoms with Crippen LogP contribution in [0.5, 0.6) is 5.75 Å². The number of rotatable bonds is 4. The third-order valence-corrected chi connectivity index (χ3v) is 5.07. The van der Waals surface area contributed by atoms with Gasteiger partial charge in [-0.2, -0.15) is 5.10 Å². The van der Waals surface area contributed by atoms with Crippen molar-refractivity contribution in [3.63, 3.8) is 0 Å². The van der Waals surface area contributed by atoms with Crippen molar-refractivity contribution >= 4 is 34.8 Å². The number of carbonyl (C=O) groups is 1. The van der Waals surface area contributed by atoms with Gasteiger partial charge in [0, 0.05) is 18.4 Å². The predicted molar refractivity (Wildman–Crippen MR) is 106 cm³/mol. The molecule has 0 saturated carbocycles. The molecule has 0 saturated heterocycles. The minimum absolute atomic E-state index is 0.104. The fraction of sp³-hybridized carbons (Fsp3) is 0.200. The molecule has 0 unspecified atom stereocenters. The van der Waals surface area contributed by atoms with Crippen molar-refractivity contribution in [3.05, 3.63) is 76.0 Å². The zero-order chi connectivity index (χ0) is 18.8. The lowest BCUT2D eigenvalue weighted by Gasteiger charge is -2.28. The van der Waals surface area contributed by atoms with Gasteiger partial charge in [0.05, 0.1) is 10.0 Å². The molecule has 0 atom stereocenters. The van der Waals surface area contributed by atoms with Crippen LogP contribution in [0.25, 0.3) is 0 Å². The lowest BCUT2D eigenvalue weighted by atomic mass is 10.0. The molecule has 1 aliphatic rings. The molecule has 7 heteroatoms. The first-order valence-electron chi connectivity index (χ1n) is 8.63. The van der Waals surface area contributed by atoms with E-state index in [1.54, 1.807) is 40.0 Å². The molecule has 0 radical (unpaired) electrons. The third kappa shape index (κ3) is 3.66. The monoisotopic (exact) mass is 401 g/mol. The first-order chi connectivity index (χ1) is 13.1. The van der Waals surface area contributed by atoms with E-state index in [0.29, 0.717) is 28.0 Å². The minimum Gasteiger partial charge on any atom is -0.468 e. The second-order valence-electron chi connectivity index (χ2n) is 6.25. The number of aromatic nitrogens is 2. The number of fused-ring (bicyclic) bond motifs is 1. The number of aryl methyl sites for hydroxylation is 1. The van der Waals surface area contributed by atoms with Crippen LogP contribution in [0.3, 0.4) is 0 Å². The standard InChI is InChI=1S/C20H17Cl2N3O2/c21-15-7-3-8-16(22)19(15)27-13-24-12-10-17(23-24)20(26)25-11-4-6-14-5-1-2-9-18(14)25/h1-3,5,7-10,12H,4,6,11,13H2. The third-order valence-electron chi connectivity index (χ3n) is 4.48. The molecule has 4 rings (SSSR count). The normalized spacial score (nSPS) is 13.3. The van der Waals surface area contributed by atoms with Gasteiger partial charge in [-0.05, 0) is 42.7 Å². The summed E-state index contributed by atoms with van der Waals surface area (Å²) in [5, 5.41) is 5.20. The van der Waals surface area contributed by atoms with Crippen molar-refractivity contribution in [2.75, 3.05) is 11.4 Å². The highest BCUT2D eigenvalue weighted by atomic mass is 35.5. The van der Waals surface area contributed by atoms with E-state index in [0.717, 1.165) is 18.5 Å². The van der Waals surface area contributed by atoms with E-state index >= 15 is 0 Å². The number of carbonyl (C=O) groups excluding carboxylic acids is 1. The van der Waals surface area contributed by atoms with Crippen LogP contribution >= 0.6 is 23.2 Å². The minimum atomic E-state index is -0.114. The molecule has 1 aromatic heterocycles. The molecular formula is C20H17Cl2N3O2. The quantitative estimate of drug-likeness (QED) is 0.629. The summed E-state index contributed by atoms with van der Waals surface area (Å²) in [6.07, 6.45) is 3.63. The Morgan fingerprint density at radius 3 is 2.67 bits per heavy atom. The van der Waals surface area contributed by atoms with Gasteiger partial charge in [0.1, 0.15) is 0 Å². The second kappa shape index (κ2) is 7.62. The molecule has 138 valence electrons. The van der Waals surface area contributed by atoms with Gasteiger partial charge in [0.2, 0.25) is 0 Å². The van der Waals surface area contributed by atoms with Crippen LogP contribution in [-0.2, 0) is 13.2 Å². The Morgan fingerprint density at radius 2 is 1.85 bits per heavy atom.